The molecule has 0 radical (unpaired) electrons. The summed E-state index contributed by atoms with van der Waals surface area (Å²) in [5, 5.41) is 9.24. The molecule has 7 heteroatoms. The van der Waals surface area contributed by atoms with Gasteiger partial charge in [0.15, 0.2) is 0 Å². The molecule has 2 unspecified atom stereocenters. The Hall–Kier alpha value is -2.93. The van der Waals surface area contributed by atoms with Gasteiger partial charge in [0, 0.05) is 29.8 Å². The highest BCUT2D eigenvalue weighted by Gasteiger charge is 2.46. The lowest BCUT2D eigenvalue weighted by Crippen LogP contribution is -2.35. The molecule has 0 saturated carbocycles. The third kappa shape index (κ3) is 2.70. The molecule has 2 aromatic rings. The number of hydrogen-bond donors (Lipinski definition) is 4. The number of amides is 2. The second-order valence-corrected chi connectivity index (χ2v) is 6.87. The van der Waals surface area contributed by atoms with Gasteiger partial charge in [-0.05, 0) is 36.2 Å². The van der Waals surface area contributed by atoms with Gasteiger partial charge in [-0.3, -0.25) is 9.59 Å². The lowest BCUT2D eigenvalue weighted by molar-refractivity contribution is -0.117. The number of nitrogens with one attached hydrogen (secondary N) is 3. The smallest absolute Gasteiger partial charge is 0.248 e. The van der Waals surface area contributed by atoms with Crippen molar-refractivity contribution < 1.29 is 14.0 Å². The Balaban J connectivity index is 1.48. The monoisotopic (exact) mass is 354 g/mol. The van der Waals surface area contributed by atoms with Gasteiger partial charge in [-0.1, -0.05) is 18.2 Å². The number of para-hydroxylation sites is 1. The number of benzene rings is 2. The quantitative estimate of drug-likeness (QED) is 0.673. The number of primary amides is 1. The topological polar surface area (TPSA) is 96.2 Å². The van der Waals surface area contributed by atoms with Crippen LogP contribution in [0.25, 0.3) is 0 Å². The predicted molar refractivity (Wildman–Crippen MR) is 96.6 cm³/mol. The van der Waals surface area contributed by atoms with Crippen LogP contribution in [-0.2, 0) is 10.2 Å². The highest BCUT2D eigenvalue weighted by atomic mass is 19.1. The summed E-state index contributed by atoms with van der Waals surface area (Å²) in [6, 6.07) is 11.4. The third-order valence-corrected chi connectivity index (χ3v) is 5.23. The van der Waals surface area contributed by atoms with Crippen LogP contribution in [0.3, 0.4) is 0 Å². The summed E-state index contributed by atoms with van der Waals surface area (Å²) in [7, 11) is 0. The van der Waals surface area contributed by atoms with E-state index >= 15 is 0 Å². The molecule has 4 rings (SSSR count). The van der Waals surface area contributed by atoms with Gasteiger partial charge in [-0.15, -0.1) is 0 Å². The fourth-order valence-electron chi connectivity index (χ4n) is 3.83. The summed E-state index contributed by atoms with van der Waals surface area (Å²) < 4.78 is 14.1. The second-order valence-electron chi connectivity index (χ2n) is 6.87. The van der Waals surface area contributed by atoms with E-state index in [1.54, 1.807) is 0 Å². The molecule has 2 heterocycles. The van der Waals surface area contributed by atoms with E-state index < -0.39 is 17.8 Å². The molecule has 0 bridgehead atoms. The molecule has 0 aromatic heterocycles. The number of carbonyl (C=O) groups is 2. The van der Waals surface area contributed by atoms with Crippen LogP contribution in [0.5, 0.6) is 0 Å². The van der Waals surface area contributed by atoms with Crippen LogP contribution in [-0.4, -0.2) is 30.9 Å². The van der Waals surface area contributed by atoms with E-state index in [0.29, 0.717) is 13.0 Å². The Morgan fingerprint density at radius 3 is 2.77 bits per heavy atom. The van der Waals surface area contributed by atoms with Crippen molar-refractivity contribution >= 4 is 23.2 Å². The first-order valence-electron chi connectivity index (χ1n) is 8.45. The molecule has 2 amide bonds. The molecule has 26 heavy (non-hydrogen) atoms. The average Bonchev–Trinajstić information content (AvgIpc) is 3.22. The Bertz CT molecular complexity index is 901. The minimum Gasteiger partial charge on any atom is -0.384 e. The summed E-state index contributed by atoms with van der Waals surface area (Å²) in [6.07, 6.45) is 0.629. The van der Waals surface area contributed by atoms with E-state index in [2.05, 4.69) is 22.0 Å². The summed E-state index contributed by atoms with van der Waals surface area (Å²) in [5.74, 6) is -1.69. The number of carbonyl (C=O) groups excluding carboxylic acids is 2. The zero-order valence-electron chi connectivity index (χ0n) is 14.0. The van der Waals surface area contributed by atoms with Gasteiger partial charge in [0.1, 0.15) is 5.82 Å². The standard InChI is InChI=1S/C19H19FN4O2/c20-13-7-11(17(21)25)5-6-15(13)24-18(26)16-8-19(10-23-16)9-22-14-4-2-1-3-12(14)19/h1-7,16,22-23H,8-10H2,(H2,21,25)(H,24,26). The number of anilines is 2. The van der Waals surface area contributed by atoms with E-state index in [0.717, 1.165) is 18.3 Å². The van der Waals surface area contributed by atoms with E-state index in [1.807, 2.05) is 18.2 Å². The molecule has 5 N–H and O–H groups in total. The van der Waals surface area contributed by atoms with E-state index in [4.69, 9.17) is 5.73 Å². The third-order valence-electron chi connectivity index (χ3n) is 5.23. The van der Waals surface area contributed by atoms with Gasteiger partial charge < -0.3 is 21.7 Å². The van der Waals surface area contributed by atoms with E-state index in [-0.39, 0.29) is 22.6 Å². The summed E-state index contributed by atoms with van der Waals surface area (Å²) in [4.78, 5) is 23.7. The number of fused-ring (bicyclic) bond motifs is 2. The van der Waals surface area contributed by atoms with Crippen LogP contribution < -0.4 is 21.7 Å². The predicted octanol–water partition coefficient (Wildman–Crippen LogP) is 1.59. The summed E-state index contributed by atoms with van der Waals surface area (Å²) >= 11 is 0. The average molecular weight is 354 g/mol. The summed E-state index contributed by atoms with van der Waals surface area (Å²) in [5.41, 5.74) is 7.40. The minimum atomic E-state index is -0.714. The van der Waals surface area contributed by atoms with Crippen LogP contribution in [0.4, 0.5) is 15.8 Å². The molecule has 1 spiro atoms. The Labute approximate surface area is 150 Å². The van der Waals surface area contributed by atoms with Crippen LogP contribution in [0, 0.1) is 5.82 Å². The second kappa shape index (κ2) is 6.10. The van der Waals surface area contributed by atoms with Gasteiger partial charge in [-0.2, -0.15) is 0 Å². The maximum Gasteiger partial charge on any atom is 0.248 e. The van der Waals surface area contributed by atoms with Crippen molar-refractivity contribution in [1.29, 1.82) is 0 Å². The molecule has 0 aliphatic carbocycles. The molecule has 2 aromatic carbocycles. The van der Waals surface area contributed by atoms with Crippen molar-refractivity contribution in [2.75, 3.05) is 23.7 Å². The van der Waals surface area contributed by atoms with Crippen LogP contribution >= 0.6 is 0 Å². The summed E-state index contributed by atoms with van der Waals surface area (Å²) in [6.45, 7) is 1.45. The number of rotatable bonds is 3. The molecule has 6 nitrogen and oxygen atoms in total. The van der Waals surface area contributed by atoms with Crippen molar-refractivity contribution in [3.63, 3.8) is 0 Å². The first-order valence-corrected chi connectivity index (χ1v) is 8.45. The van der Waals surface area contributed by atoms with Crippen molar-refractivity contribution in [2.24, 2.45) is 5.73 Å². The Morgan fingerprint density at radius 2 is 2.00 bits per heavy atom. The van der Waals surface area contributed by atoms with Crippen LogP contribution in [0.2, 0.25) is 0 Å². The van der Waals surface area contributed by atoms with Crippen molar-refractivity contribution in [3.8, 4) is 0 Å². The molecule has 2 aliphatic rings. The van der Waals surface area contributed by atoms with Crippen LogP contribution in [0.15, 0.2) is 42.5 Å². The molecular weight excluding hydrogens is 335 g/mol. The molecule has 1 saturated heterocycles. The largest absolute Gasteiger partial charge is 0.384 e. The van der Waals surface area contributed by atoms with Gasteiger partial charge >= 0.3 is 0 Å². The normalized spacial score (nSPS) is 23.5. The zero-order chi connectivity index (χ0) is 18.3. The van der Waals surface area contributed by atoms with Crippen molar-refractivity contribution in [3.05, 3.63) is 59.4 Å². The maximum absolute atomic E-state index is 14.1. The Kier molecular flexibility index (Phi) is 3.88. The van der Waals surface area contributed by atoms with Gasteiger partial charge in [-0.25, -0.2) is 4.39 Å². The fraction of sp³-hybridized carbons (Fsp3) is 0.263. The maximum atomic E-state index is 14.1. The number of halogens is 1. The molecule has 134 valence electrons. The highest BCUT2D eigenvalue weighted by Crippen LogP contribution is 2.42. The Morgan fingerprint density at radius 1 is 1.19 bits per heavy atom. The molecular formula is C19H19FN4O2. The minimum absolute atomic E-state index is 0.0349. The molecule has 1 fully saturated rings. The van der Waals surface area contributed by atoms with E-state index in [1.165, 1.54) is 17.7 Å². The molecule has 2 aliphatic heterocycles. The van der Waals surface area contributed by atoms with Crippen molar-refractivity contribution in [1.82, 2.24) is 5.32 Å². The zero-order valence-corrected chi connectivity index (χ0v) is 14.0. The highest BCUT2D eigenvalue weighted by molar-refractivity contribution is 5.97. The molecule has 2 atom stereocenters. The van der Waals surface area contributed by atoms with Crippen LogP contribution in [0.1, 0.15) is 22.3 Å². The first kappa shape index (κ1) is 16.5. The van der Waals surface area contributed by atoms with E-state index in [9.17, 15) is 14.0 Å². The van der Waals surface area contributed by atoms with Gasteiger partial charge in [0.25, 0.3) is 0 Å². The lowest BCUT2D eigenvalue weighted by atomic mass is 9.80. The lowest BCUT2D eigenvalue weighted by Gasteiger charge is -2.22. The SMILES string of the molecule is NC(=O)c1ccc(NC(=O)C2CC3(CNc4ccccc43)CN2)c(F)c1. The van der Waals surface area contributed by atoms with Crippen molar-refractivity contribution in [2.45, 2.75) is 17.9 Å². The number of nitrogens with two attached hydrogens (primary N) is 1. The number of hydrogen-bond acceptors (Lipinski definition) is 4. The van der Waals surface area contributed by atoms with Gasteiger partial charge in [0.05, 0.1) is 11.7 Å². The van der Waals surface area contributed by atoms with Gasteiger partial charge in [0.2, 0.25) is 11.8 Å². The first-order chi connectivity index (χ1) is 12.5. The fourth-order valence-corrected chi connectivity index (χ4v) is 3.83.